The van der Waals surface area contributed by atoms with Crippen molar-refractivity contribution in [2.75, 3.05) is 25.5 Å². The van der Waals surface area contributed by atoms with Crippen LogP contribution in [0.3, 0.4) is 0 Å². The Hall–Kier alpha value is -2.47. The first-order valence-electron chi connectivity index (χ1n) is 9.20. The summed E-state index contributed by atoms with van der Waals surface area (Å²) in [6.45, 7) is 3.67. The van der Waals surface area contributed by atoms with Crippen molar-refractivity contribution in [2.45, 2.75) is 29.4 Å². The fourth-order valence-electron chi connectivity index (χ4n) is 3.14. The van der Waals surface area contributed by atoms with E-state index in [0.717, 1.165) is 18.2 Å². The van der Waals surface area contributed by atoms with E-state index in [1.165, 1.54) is 10.5 Å². The van der Waals surface area contributed by atoms with Gasteiger partial charge in [0.15, 0.2) is 5.96 Å². The summed E-state index contributed by atoms with van der Waals surface area (Å²) >= 11 is 1.83. The van der Waals surface area contributed by atoms with E-state index in [9.17, 15) is 4.79 Å². The predicted octanol–water partition coefficient (Wildman–Crippen LogP) is 3.46. The third kappa shape index (κ3) is 5.50. The number of fused-ring (bicyclic) bond motifs is 1. The number of nitrogens with one attached hydrogen (secondary N) is 3. The minimum atomic E-state index is 0.0660. The molecule has 142 valence electrons. The molecule has 2 unspecified atom stereocenters. The molecule has 1 aliphatic rings. The molecule has 1 amide bonds. The molecule has 2 atom stereocenters. The van der Waals surface area contributed by atoms with Crippen molar-refractivity contribution in [2.24, 2.45) is 4.99 Å². The summed E-state index contributed by atoms with van der Waals surface area (Å²) in [6, 6.07) is 18.4. The minimum Gasteiger partial charge on any atom is -0.356 e. The number of anilines is 1. The van der Waals surface area contributed by atoms with E-state index >= 15 is 0 Å². The molecule has 0 saturated carbocycles. The van der Waals surface area contributed by atoms with Crippen molar-refractivity contribution in [1.82, 2.24) is 10.6 Å². The van der Waals surface area contributed by atoms with Gasteiger partial charge >= 0.3 is 0 Å². The van der Waals surface area contributed by atoms with Crippen LogP contribution < -0.4 is 16.0 Å². The Morgan fingerprint density at radius 2 is 1.93 bits per heavy atom. The lowest BCUT2D eigenvalue weighted by molar-refractivity contribution is -0.116. The fraction of sp³-hybridized carbons (Fsp3) is 0.333. The summed E-state index contributed by atoms with van der Waals surface area (Å²) in [7, 11) is 1.77. The zero-order valence-corrected chi connectivity index (χ0v) is 16.6. The molecular weight excluding hydrogens is 356 g/mol. The highest BCUT2D eigenvalue weighted by Gasteiger charge is 2.24. The number of amides is 1. The second kappa shape index (κ2) is 9.46. The summed E-state index contributed by atoms with van der Waals surface area (Å²) in [5, 5.41) is 10.1. The second-order valence-corrected chi connectivity index (χ2v) is 8.12. The van der Waals surface area contributed by atoms with Gasteiger partial charge in [-0.25, -0.2) is 0 Å². The number of guanidine groups is 1. The maximum atomic E-state index is 12.0. The molecule has 0 saturated heterocycles. The highest BCUT2D eigenvalue weighted by molar-refractivity contribution is 8.00. The van der Waals surface area contributed by atoms with E-state index in [4.69, 9.17) is 0 Å². The van der Waals surface area contributed by atoms with Crippen LogP contribution in [0.25, 0.3) is 0 Å². The molecule has 0 aliphatic carbocycles. The van der Waals surface area contributed by atoms with E-state index in [1.54, 1.807) is 7.05 Å². The molecule has 0 aromatic heterocycles. The van der Waals surface area contributed by atoms with Crippen LogP contribution in [-0.2, 0) is 4.79 Å². The highest BCUT2D eigenvalue weighted by Crippen LogP contribution is 2.31. The number of rotatable bonds is 6. The van der Waals surface area contributed by atoms with Crippen LogP contribution in [0.4, 0.5) is 5.69 Å². The standard InChI is InChI=1S/C21H26N4OS/c1-15(27-17-8-4-3-5-9-17)13-23-21(22-2)24-14-16-12-20(26)25-19-11-7-6-10-18(16)19/h3-11,15-16H,12-14H2,1-2H3,(H,25,26)(H2,22,23,24). The molecule has 0 radical (unpaired) electrons. The van der Waals surface area contributed by atoms with E-state index in [1.807, 2.05) is 36.0 Å². The third-order valence-electron chi connectivity index (χ3n) is 4.48. The first kappa shape index (κ1) is 19.3. The maximum absolute atomic E-state index is 12.0. The van der Waals surface area contributed by atoms with Crippen LogP contribution in [0.1, 0.15) is 24.8 Å². The van der Waals surface area contributed by atoms with Gasteiger partial charge in [0.1, 0.15) is 0 Å². The average Bonchev–Trinajstić information content (AvgIpc) is 2.68. The van der Waals surface area contributed by atoms with Gasteiger partial charge in [0.25, 0.3) is 0 Å². The monoisotopic (exact) mass is 382 g/mol. The first-order valence-corrected chi connectivity index (χ1v) is 10.1. The van der Waals surface area contributed by atoms with E-state index < -0.39 is 0 Å². The Kier molecular flexibility index (Phi) is 6.76. The van der Waals surface area contributed by atoms with Crippen LogP contribution in [0.2, 0.25) is 0 Å². The van der Waals surface area contributed by atoms with Gasteiger partial charge in [0.2, 0.25) is 5.91 Å². The molecule has 5 nitrogen and oxygen atoms in total. The topological polar surface area (TPSA) is 65.5 Å². The number of hydrogen-bond donors (Lipinski definition) is 3. The lowest BCUT2D eigenvalue weighted by Crippen LogP contribution is -2.42. The average molecular weight is 383 g/mol. The van der Waals surface area contributed by atoms with Crippen molar-refractivity contribution >= 4 is 29.3 Å². The zero-order valence-electron chi connectivity index (χ0n) is 15.7. The summed E-state index contributed by atoms with van der Waals surface area (Å²) < 4.78 is 0. The van der Waals surface area contributed by atoms with Gasteiger partial charge in [-0.2, -0.15) is 0 Å². The Bertz CT molecular complexity index is 794. The highest BCUT2D eigenvalue weighted by atomic mass is 32.2. The van der Waals surface area contributed by atoms with Crippen molar-refractivity contribution in [3.05, 3.63) is 60.2 Å². The first-order chi connectivity index (χ1) is 13.2. The quantitative estimate of drug-likeness (QED) is 0.407. The lowest BCUT2D eigenvalue weighted by Gasteiger charge is -2.26. The second-order valence-electron chi connectivity index (χ2n) is 6.61. The number of nitrogens with zero attached hydrogens (tertiary/aromatic N) is 1. The Morgan fingerprint density at radius 3 is 2.70 bits per heavy atom. The Balaban J connectivity index is 1.50. The Labute approximate surface area is 165 Å². The number of benzene rings is 2. The largest absolute Gasteiger partial charge is 0.356 e. The molecule has 3 N–H and O–H groups in total. The molecule has 27 heavy (non-hydrogen) atoms. The van der Waals surface area contributed by atoms with Gasteiger partial charge in [0, 0.05) is 48.3 Å². The molecule has 0 spiro atoms. The zero-order chi connectivity index (χ0) is 19.1. The van der Waals surface area contributed by atoms with Crippen molar-refractivity contribution < 1.29 is 4.79 Å². The van der Waals surface area contributed by atoms with Crippen LogP contribution in [-0.4, -0.2) is 37.3 Å². The molecule has 1 heterocycles. The van der Waals surface area contributed by atoms with Crippen molar-refractivity contribution in [1.29, 1.82) is 0 Å². The maximum Gasteiger partial charge on any atom is 0.225 e. The normalized spacial score (nSPS) is 17.6. The van der Waals surface area contributed by atoms with Crippen LogP contribution in [0.5, 0.6) is 0 Å². The SMILES string of the molecule is CN=C(NCC(C)Sc1ccccc1)NCC1CC(=O)Nc2ccccc21. The van der Waals surface area contributed by atoms with Crippen molar-refractivity contribution in [3.8, 4) is 0 Å². The lowest BCUT2D eigenvalue weighted by atomic mass is 9.90. The molecular formula is C21H26N4OS. The van der Waals surface area contributed by atoms with Gasteiger partial charge in [-0.3, -0.25) is 9.79 Å². The summed E-state index contributed by atoms with van der Waals surface area (Å²) in [6.07, 6.45) is 0.487. The summed E-state index contributed by atoms with van der Waals surface area (Å²) in [5.74, 6) is 0.972. The number of carbonyl (C=O) groups excluding carboxylic acids is 1. The fourth-order valence-corrected chi connectivity index (χ4v) is 4.08. The van der Waals surface area contributed by atoms with E-state index in [2.05, 4.69) is 58.2 Å². The molecule has 1 aliphatic heterocycles. The molecule has 2 aromatic carbocycles. The molecule has 6 heteroatoms. The van der Waals surface area contributed by atoms with Crippen LogP contribution in [0.15, 0.2) is 64.5 Å². The number of thioether (sulfide) groups is 1. The smallest absolute Gasteiger partial charge is 0.225 e. The number of aliphatic imine (C=N–C) groups is 1. The van der Waals surface area contributed by atoms with Crippen LogP contribution >= 0.6 is 11.8 Å². The number of para-hydroxylation sites is 1. The van der Waals surface area contributed by atoms with Gasteiger partial charge in [0.05, 0.1) is 0 Å². The molecule has 0 fully saturated rings. The molecule has 0 bridgehead atoms. The number of hydrogen-bond acceptors (Lipinski definition) is 3. The van der Waals surface area contributed by atoms with Crippen molar-refractivity contribution in [3.63, 3.8) is 0 Å². The predicted molar refractivity (Wildman–Crippen MR) is 114 cm³/mol. The third-order valence-corrected chi connectivity index (χ3v) is 5.60. The summed E-state index contributed by atoms with van der Waals surface area (Å²) in [4.78, 5) is 17.5. The van der Waals surface area contributed by atoms with Gasteiger partial charge < -0.3 is 16.0 Å². The molecule has 3 rings (SSSR count). The van der Waals surface area contributed by atoms with Gasteiger partial charge in [-0.1, -0.05) is 43.3 Å². The minimum absolute atomic E-state index is 0.0660. The number of carbonyl (C=O) groups is 1. The molecule has 2 aromatic rings. The van der Waals surface area contributed by atoms with Crippen LogP contribution in [0, 0.1) is 0 Å². The summed E-state index contributed by atoms with van der Waals surface area (Å²) in [5.41, 5.74) is 2.09. The van der Waals surface area contributed by atoms with E-state index in [-0.39, 0.29) is 11.8 Å². The van der Waals surface area contributed by atoms with Gasteiger partial charge in [-0.05, 0) is 23.8 Å². The van der Waals surface area contributed by atoms with Gasteiger partial charge in [-0.15, -0.1) is 11.8 Å². The van der Waals surface area contributed by atoms with E-state index in [0.29, 0.717) is 18.2 Å². The Morgan fingerprint density at radius 1 is 1.19 bits per heavy atom.